The second-order valence-electron chi connectivity index (χ2n) is 5.14. The maximum Gasteiger partial charge on any atom is 0.195 e. The Balaban J connectivity index is 2.08. The first-order valence-electron chi connectivity index (χ1n) is 6.48. The van der Waals surface area contributed by atoms with Gasteiger partial charge in [0.25, 0.3) is 0 Å². The Hall–Kier alpha value is -2.35. The van der Waals surface area contributed by atoms with Gasteiger partial charge < -0.3 is 4.98 Å². The average molecular weight is 247 g/mol. The van der Waals surface area contributed by atoms with Crippen LogP contribution < -0.4 is 0 Å². The van der Waals surface area contributed by atoms with Crippen molar-refractivity contribution in [2.24, 2.45) is 0 Å². The highest BCUT2D eigenvalue weighted by molar-refractivity contribution is 6.19. The van der Waals surface area contributed by atoms with Gasteiger partial charge in [-0.1, -0.05) is 36.4 Å². The summed E-state index contributed by atoms with van der Waals surface area (Å²) in [6.07, 6.45) is 0.811. The van der Waals surface area contributed by atoms with E-state index in [4.69, 9.17) is 0 Å². The molecule has 1 N–H and O–H groups in total. The Bertz CT molecular complexity index is 826. The Kier molecular flexibility index (Phi) is 1.99. The highest BCUT2D eigenvalue weighted by atomic mass is 16.1. The summed E-state index contributed by atoms with van der Waals surface area (Å²) < 4.78 is 0. The van der Waals surface area contributed by atoms with Gasteiger partial charge in [0.2, 0.25) is 0 Å². The molecule has 3 aromatic rings. The van der Waals surface area contributed by atoms with Crippen molar-refractivity contribution in [1.29, 1.82) is 0 Å². The number of aromatic amines is 1. The second kappa shape index (κ2) is 3.58. The van der Waals surface area contributed by atoms with Gasteiger partial charge in [-0.25, -0.2) is 0 Å². The minimum Gasteiger partial charge on any atom is -0.357 e. The first kappa shape index (κ1) is 10.6. The molecule has 4 rings (SSSR count). The lowest BCUT2D eigenvalue weighted by Gasteiger charge is -2.15. The van der Waals surface area contributed by atoms with Crippen LogP contribution in [-0.2, 0) is 6.42 Å². The van der Waals surface area contributed by atoms with Crippen LogP contribution in [0.2, 0.25) is 0 Å². The Morgan fingerprint density at radius 1 is 1.05 bits per heavy atom. The number of nitrogens with one attached hydrogen (secondary N) is 1. The van der Waals surface area contributed by atoms with Crippen LogP contribution in [0.5, 0.6) is 0 Å². The molecule has 0 saturated carbocycles. The van der Waals surface area contributed by atoms with Crippen molar-refractivity contribution in [3.8, 4) is 0 Å². The van der Waals surface area contributed by atoms with Crippen LogP contribution >= 0.6 is 0 Å². The number of H-pyrrole nitrogens is 1. The molecule has 1 heterocycles. The summed E-state index contributed by atoms with van der Waals surface area (Å²) in [7, 11) is 0. The van der Waals surface area contributed by atoms with Crippen LogP contribution in [0.4, 0.5) is 0 Å². The van der Waals surface area contributed by atoms with Gasteiger partial charge in [-0.15, -0.1) is 0 Å². The van der Waals surface area contributed by atoms with Crippen LogP contribution in [0, 0.1) is 6.92 Å². The molecule has 2 aromatic carbocycles. The Labute approximate surface area is 111 Å². The first-order valence-corrected chi connectivity index (χ1v) is 6.48. The van der Waals surface area contributed by atoms with Crippen molar-refractivity contribution < 1.29 is 4.79 Å². The number of aromatic nitrogens is 1. The van der Waals surface area contributed by atoms with E-state index in [0.29, 0.717) is 0 Å². The van der Waals surface area contributed by atoms with Gasteiger partial charge in [0.1, 0.15) is 0 Å². The van der Waals surface area contributed by atoms with E-state index in [1.54, 1.807) is 0 Å². The van der Waals surface area contributed by atoms with E-state index in [9.17, 15) is 4.79 Å². The summed E-state index contributed by atoms with van der Waals surface area (Å²) in [4.78, 5) is 16.1. The molecule has 0 amide bonds. The smallest absolute Gasteiger partial charge is 0.195 e. The van der Waals surface area contributed by atoms with Crippen LogP contribution in [0.25, 0.3) is 10.9 Å². The summed E-state index contributed by atoms with van der Waals surface area (Å²) in [6.45, 7) is 2.06. The molecule has 92 valence electrons. The number of rotatable bonds is 0. The van der Waals surface area contributed by atoms with E-state index in [2.05, 4.69) is 18.0 Å². The third-order valence-electron chi connectivity index (χ3n) is 3.97. The molecular weight excluding hydrogens is 234 g/mol. The summed E-state index contributed by atoms with van der Waals surface area (Å²) >= 11 is 0. The van der Waals surface area contributed by atoms with Crippen molar-refractivity contribution >= 4 is 16.7 Å². The molecule has 0 unspecified atom stereocenters. The quantitative estimate of drug-likeness (QED) is 0.506. The number of ketones is 1. The molecule has 2 nitrogen and oxygen atoms in total. The number of carbonyl (C=O) groups is 1. The third kappa shape index (κ3) is 1.34. The molecule has 0 aliphatic heterocycles. The SMILES string of the molecule is Cc1cccc2[nH]c3c(c12)C(=O)c1ccccc1C3. The lowest BCUT2D eigenvalue weighted by molar-refractivity contribution is 0.103. The largest absolute Gasteiger partial charge is 0.357 e. The topological polar surface area (TPSA) is 32.9 Å². The summed E-state index contributed by atoms with van der Waals surface area (Å²) in [5, 5.41) is 1.08. The van der Waals surface area contributed by atoms with Gasteiger partial charge in [-0.05, 0) is 24.1 Å². The summed E-state index contributed by atoms with van der Waals surface area (Å²) in [6, 6.07) is 14.0. The molecule has 0 saturated heterocycles. The number of aryl methyl sites for hydroxylation is 1. The molecule has 0 bridgehead atoms. The van der Waals surface area contributed by atoms with Crippen molar-refractivity contribution in [2.75, 3.05) is 0 Å². The minimum absolute atomic E-state index is 0.150. The average Bonchev–Trinajstić information content (AvgIpc) is 2.79. The molecule has 1 aliphatic carbocycles. The number of hydrogen-bond acceptors (Lipinski definition) is 1. The highest BCUT2D eigenvalue weighted by Crippen LogP contribution is 2.33. The van der Waals surface area contributed by atoms with E-state index >= 15 is 0 Å². The molecule has 0 radical (unpaired) electrons. The van der Waals surface area contributed by atoms with Gasteiger partial charge in [0.05, 0.1) is 5.56 Å². The van der Waals surface area contributed by atoms with E-state index < -0.39 is 0 Å². The molecule has 0 atom stereocenters. The molecule has 2 heteroatoms. The van der Waals surface area contributed by atoms with Crippen LogP contribution in [0.15, 0.2) is 42.5 Å². The van der Waals surface area contributed by atoms with Gasteiger partial charge in [-0.2, -0.15) is 0 Å². The van der Waals surface area contributed by atoms with E-state index in [-0.39, 0.29) is 5.78 Å². The fourth-order valence-electron chi connectivity index (χ4n) is 3.08. The normalized spacial score (nSPS) is 13.4. The molecule has 0 spiro atoms. The maximum absolute atomic E-state index is 12.7. The molecular formula is C17H13NO. The van der Waals surface area contributed by atoms with Gasteiger partial charge in [0.15, 0.2) is 5.78 Å². The number of benzene rings is 2. The standard InChI is InChI=1S/C17H13NO/c1-10-5-4-8-13-15(10)16-14(18-13)9-11-6-2-3-7-12(11)17(16)19/h2-8,18H,9H2,1H3. The number of carbonyl (C=O) groups excluding carboxylic acids is 1. The van der Waals surface area contributed by atoms with Crippen molar-refractivity contribution in [3.63, 3.8) is 0 Å². The molecule has 0 fully saturated rings. The second-order valence-corrected chi connectivity index (χ2v) is 5.14. The lowest BCUT2D eigenvalue weighted by atomic mass is 9.87. The Morgan fingerprint density at radius 3 is 2.79 bits per heavy atom. The number of fused-ring (bicyclic) bond motifs is 4. The van der Waals surface area contributed by atoms with Gasteiger partial charge in [0, 0.05) is 28.6 Å². The van der Waals surface area contributed by atoms with Crippen molar-refractivity contribution in [3.05, 3.63) is 70.4 Å². The van der Waals surface area contributed by atoms with E-state index in [1.807, 2.05) is 36.4 Å². The minimum atomic E-state index is 0.150. The maximum atomic E-state index is 12.7. The zero-order chi connectivity index (χ0) is 13.0. The monoisotopic (exact) mass is 247 g/mol. The third-order valence-corrected chi connectivity index (χ3v) is 3.97. The predicted octanol–water partition coefficient (Wildman–Crippen LogP) is 3.61. The lowest BCUT2D eigenvalue weighted by Crippen LogP contribution is -2.14. The van der Waals surface area contributed by atoms with Crippen LogP contribution in [0.1, 0.15) is 32.7 Å². The highest BCUT2D eigenvalue weighted by Gasteiger charge is 2.27. The van der Waals surface area contributed by atoms with Crippen molar-refractivity contribution in [1.82, 2.24) is 4.98 Å². The Morgan fingerprint density at radius 2 is 1.89 bits per heavy atom. The molecule has 1 aromatic heterocycles. The van der Waals surface area contributed by atoms with Gasteiger partial charge >= 0.3 is 0 Å². The van der Waals surface area contributed by atoms with Gasteiger partial charge in [-0.3, -0.25) is 4.79 Å². The van der Waals surface area contributed by atoms with Crippen LogP contribution in [0.3, 0.4) is 0 Å². The predicted molar refractivity (Wildman–Crippen MR) is 75.7 cm³/mol. The fraction of sp³-hybridized carbons (Fsp3) is 0.118. The number of hydrogen-bond donors (Lipinski definition) is 1. The first-order chi connectivity index (χ1) is 9.25. The molecule has 19 heavy (non-hydrogen) atoms. The van der Waals surface area contributed by atoms with E-state index in [1.165, 1.54) is 0 Å². The van der Waals surface area contributed by atoms with Crippen LogP contribution in [-0.4, -0.2) is 10.8 Å². The summed E-state index contributed by atoms with van der Waals surface area (Å²) in [5.74, 6) is 0.150. The van der Waals surface area contributed by atoms with Crippen molar-refractivity contribution in [2.45, 2.75) is 13.3 Å². The van der Waals surface area contributed by atoms with E-state index in [0.717, 1.165) is 45.3 Å². The summed E-state index contributed by atoms with van der Waals surface area (Å²) in [5.41, 5.74) is 6.09. The zero-order valence-electron chi connectivity index (χ0n) is 10.7. The fourth-order valence-corrected chi connectivity index (χ4v) is 3.08. The zero-order valence-corrected chi connectivity index (χ0v) is 10.7. The molecule has 1 aliphatic rings.